The van der Waals surface area contributed by atoms with E-state index < -0.39 is 0 Å². The number of piperidine rings is 1. The Morgan fingerprint density at radius 3 is 2.43 bits per heavy atom. The predicted molar refractivity (Wildman–Crippen MR) is 94.6 cm³/mol. The number of thiocarbonyl (C=S) groups is 1. The molecule has 116 valence electrons. The van der Waals surface area contributed by atoms with Crippen LogP contribution in [0.1, 0.15) is 38.7 Å². The molecule has 3 heteroatoms. The maximum atomic E-state index is 5.63. The minimum atomic E-state index is 0.389. The van der Waals surface area contributed by atoms with Crippen molar-refractivity contribution in [1.29, 1.82) is 0 Å². The number of likely N-dealkylation sites (tertiary alicyclic amines) is 1. The fourth-order valence-electron chi connectivity index (χ4n) is 3.04. The summed E-state index contributed by atoms with van der Waals surface area (Å²) in [6, 6.07) is 10.7. The van der Waals surface area contributed by atoms with Crippen LogP contribution < -0.4 is 0 Å². The molecule has 1 aliphatic heterocycles. The summed E-state index contributed by atoms with van der Waals surface area (Å²) in [5.74, 6) is 0. The van der Waals surface area contributed by atoms with Crippen LogP contribution in [-0.2, 0) is 6.54 Å². The van der Waals surface area contributed by atoms with E-state index in [2.05, 4.69) is 61.0 Å². The molecule has 0 atom stereocenters. The van der Waals surface area contributed by atoms with E-state index in [1.54, 1.807) is 0 Å². The van der Waals surface area contributed by atoms with Crippen LogP contribution in [0.2, 0.25) is 0 Å². The Balaban J connectivity index is 2.04. The summed E-state index contributed by atoms with van der Waals surface area (Å²) >= 11 is 5.63. The predicted octanol–water partition coefficient (Wildman–Crippen LogP) is 3.96. The zero-order chi connectivity index (χ0) is 15.3. The highest BCUT2D eigenvalue weighted by atomic mass is 32.1. The SMILES string of the molecule is CCC(=S)N(Cc1ccccc1)CC1(C)CCN(C)CC1. The van der Waals surface area contributed by atoms with Gasteiger partial charge in [0.05, 0.1) is 4.99 Å². The Hall–Kier alpha value is -0.930. The van der Waals surface area contributed by atoms with E-state index in [0.717, 1.165) is 24.5 Å². The number of benzene rings is 1. The van der Waals surface area contributed by atoms with Gasteiger partial charge in [0.25, 0.3) is 0 Å². The summed E-state index contributed by atoms with van der Waals surface area (Å²) in [4.78, 5) is 5.95. The Morgan fingerprint density at radius 1 is 1.24 bits per heavy atom. The molecule has 1 aromatic carbocycles. The molecule has 21 heavy (non-hydrogen) atoms. The van der Waals surface area contributed by atoms with Crippen LogP contribution in [0.3, 0.4) is 0 Å². The lowest BCUT2D eigenvalue weighted by molar-refractivity contribution is 0.110. The molecule has 2 nitrogen and oxygen atoms in total. The molecule has 0 unspecified atom stereocenters. The summed E-state index contributed by atoms with van der Waals surface area (Å²) in [5, 5.41) is 0. The first kappa shape index (κ1) is 16.4. The topological polar surface area (TPSA) is 6.48 Å². The standard InChI is InChI=1S/C18H28N2S/c1-4-17(21)20(14-16-8-6-5-7-9-16)15-18(2)10-12-19(3)13-11-18/h5-9H,4,10-15H2,1-3H3. The van der Waals surface area contributed by atoms with Crippen LogP contribution >= 0.6 is 12.2 Å². The van der Waals surface area contributed by atoms with E-state index in [0.29, 0.717) is 5.41 Å². The summed E-state index contributed by atoms with van der Waals surface area (Å²) in [5.41, 5.74) is 1.74. The molecule has 0 aromatic heterocycles. The quantitative estimate of drug-likeness (QED) is 0.760. The Kier molecular flexibility index (Phi) is 5.77. The minimum absolute atomic E-state index is 0.389. The van der Waals surface area contributed by atoms with Crippen LogP contribution in [-0.4, -0.2) is 41.5 Å². The van der Waals surface area contributed by atoms with Gasteiger partial charge in [-0.3, -0.25) is 0 Å². The van der Waals surface area contributed by atoms with Gasteiger partial charge in [0.2, 0.25) is 0 Å². The zero-order valence-electron chi connectivity index (χ0n) is 13.6. The Labute approximate surface area is 135 Å². The van der Waals surface area contributed by atoms with Crippen molar-refractivity contribution in [2.45, 2.75) is 39.7 Å². The molecule has 0 radical (unpaired) electrons. The number of rotatable bonds is 5. The third-order valence-corrected chi connectivity index (χ3v) is 5.19. The van der Waals surface area contributed by atoms with Gasteiger partial charge in [-0.15, -0.1) is 0 Å². The molecule has 1 aliphatic rings. The van der Waals surface area contributed by atoms with Gasteiger partial charge in [-0.2, -0.15) is 0 Å². The van der Waals surface area contributed by atoms with Crippen molar-refractivity contribution in [3.05, 3.63) is 35.9 Å². The van der Waals surface area contributed by atoms with Gasteiger partial charge >= 0.3 is 0 Å². The fourth-order valence-corrected chi connectivity index (χ4v) is 3.17. The first-order valence-electron chi connectivity index (χ1n) is 8.03. The van der Waals surface area contributed by atoms with Gasteiger partial charge < -0.3 is 9.80 Å². The van der Waals surface area contributed by atoms with Crippen molar-refractivity contribution in [3.8, 4) is 0 Å². The van der Waals surface area contributed by atoms with E-state index in [4.69, 9.17) is 12.2 Å². The van der Waals surface area contributed by atoms with Gasteiger partial charge in [-0.05, 0) is 50.4 Å². The molecule has 0 spiro atoms. The molecule has 1 aromatic rings. The van der Waals surface area contributed by atoms with E-state index >= 15 is 0 Å². The van der Waals surface area contributed by atoms with Gasteiger partial charge in [0.15, 0.2) is 0 Å². The van der Waals surface area contributed by atoms with Crippen molar-refractivity contribution in [2.24, 2.45) is 5.41 Å². The largest absolute Gasteiger partial charge is 0.361 e. The zero-order valence-corrected chi connectivity index (χ0v) is 14.5. The maximum absolute atomic E-state index is 5.63. The lowest BCUT2D eigenvalue weighted by Gasteiger charge is -2.42. The summed E-state index contributed by atoms with van der Waals surface area (Å²) in [6.45, 7) is 9.03. The van der Waals surface area contributed by atoms with E-state index in [-0.39, 0.29) is 0 Å². The van der Waals surface area contributed by atoms with Crippen molar-refractivity contribution in [2.75, 3.05) is 26.7 Å². The molecule has 0 amide bonds. The molecular formula is C18H28N2S. The van der Waals surface area contributed by atoms with Crippen LogP contribution in [0, 0.1) is 5.41 Å². The molecule has 0 aliphatic carbocycles. The molecule has 0 bridgehead atoms. The monoisotopic (exact) mass is 304 g/mol. The molecule has 1 saturated heterocycles. The minimum Gasteiger partial charge on any atom is -0.361 e. The molecule has 0 saturated carbocycles. The van der Waals surface area contributed by atoms with Crippen LogP contribution in [0.25, 0.3) is 0 Å². The van der Waals surface area contributed by atoms with Crippen molar-refractivity contribution >= 4 is 17.2 Å². The van der Waals surface area contributed by atoms with Crippen molar-refractivity contribution < 1.29 is 0 Å². The Bertz CT molecular complexity index is 450. The number of hydrogen-bond donors (Lipinski definition) is 0. The maximum Gasteiger partial charge on any atom is 0.0779 e. The smallest absolute Gasteiger partial charge is 0.0779 e. The second-order valence-electron chi connectivity index (χ2n) is 6.70. The molecular weight excluding hydrogens is 276 g/mol. The van der Waals surface area contributed by atoms with E-state index in [1.165, 1.54) is 31.5 Å². The second-order valence-corrected chi connectivity index (χ2v) is 7.17. The summed E-state index contributed by atoms with van der Waals surface area (Å²) < 4.78 is 0. The highest BCUT2D eigenvalue weighted by Gasteiger charge is 2.31. The first-order valence-corrected chi connectivity index (χ1v) is 8.43. The van der Waals surface area contributed by atoms with Crippen LogP contribution in [0.5, 0.6) is 0 Å². The highest BCUT2D eigenvalue weighted by Crippen LogP contribution is 2.32. The summed E-state index contributed by atoms with van der Waals surface area (Å²) in [7, 11) is 2.22. The third-order valence-electron chi connectivity index (χ3n) is 4.64. The van der Waals surface area contributed by atoms with Crippen LogP contribution in [0.15, 0.2) is 30.3 Å². The van der Waals surface area contributed by atoms with Crippen molar-refractivity contribution in [1.82, 2.24) is 9.80 Å². The number of nitrogens with zero attached hydrogens (tertiary/aromatic N) is 2. The van der Waals surface area contributed by atoms with Gasteiger partial charge in [0.1, 0.15) is 0 Å². The lowest BCUT2D eigenvalue weighted by Crippen LogP contribution is -2.44. The van der Waals surface area contributed by atoms with Crippen LogP contribution in [0.4, 0.5) is 0 Å². The van der Waals surface area contributed by atoms with E-state index in [1.807, 2.05) is 0 Å². The Morgan fingerprint density at radius 2 is 1.86 bits per heavy atom. The summed E-state index contributed by atoms with van der Waals surface area (Å²) in [6.07, 6.45) is 3.49. The molecule has 1 heterocycles. The molecule has 2 rings (SSSR count). The lowest BCUT2D eigenvalue weighted by atomic mass is 9.80. The second kappa shape index (κ2) is 7.37. The van der Waals surface area contributed by atoms with Gasteiger partial charge in [-0.25, -0.2) is 0 Å². The fraction of sp³-hybridized carbons (Fsp3) is 0.611. The van der Waals surface area contributed by atoms with E-state index in [9.17, 15) is 0 Å². The molecule has 0 N–H and O–H groups in total. The third kappa shape index (κ3) is 4.79. The number of hydrogen-bond acceptors (Lipinski definition) is 2. The van der Waals surface area contributed by atoms with Crippen molar-refractivity contribution in [3.63, 3.8) is 0 Å². The first-order chi connectivity index (χ1) is 10.0. The van der Waals surface area contributed by atoms with Gasteiger partial charge in [-0.1, -0.05) is 56.4 Å². The highest BCUT2D eigenvalue weighted by molar-refractivity contribution is 7.80. The average Bonchev–Trinajstić information content (AvgIpc) is 2.50. The average molecular weight is 305 g/mol. The molecule has 1 fully saturated rings. The van der Waals surface area contributed by atoms with Gasteiger partial charge in [0, 0.05) is 13.1 Å². The normalized spacial score (nSPS) is 18.4.